The summed E-state index contributed by atoms with van der Waals surface area (Å²) in [5.74, 6) is 0.447. The van der Waals surface area contributed by atoms with Crippen LogP contribution in [0.15, 0.2) is 34.2 Å². The first-order chi connectivity index (χ1) is 9.05. The third kappa shape index (κ3) is 2.93. The molecule has 0 radical (unpaired) electrons. The van der Waals surface area contributed by atoms with E-state index < -0.39 is 9.84 Å². The lowest BCUT2D eigenvalue weighted by Gasteiger charge is -2.07. The highest BCUT2D eigenvalue weighted by molar-refractivity contribution is 8.15. The van der Waals surface area contributed by atoms with Gasteiger partial charge in [-0.3, -0.25) is 4.99 Å². The van der Waals surface area contributed by atoms with Crippen LogP contribution in [0.4, 0.5) is 5.69 Å². The van der Waals surface area contributed by atoms with E-state index in [0.717, 1.165) is 10.9 Å². The van der Waals surface area contributed by atoms with Gasteiger partial charge in [0, 0.05) is 15.8 Å². The van der Waals surface area contributed by atoms with E-state index >= 15 is 0 Å². The molecule has 0 saturated carbocycles. The minimum atomic E-state index is -2.87. The largest absolute Gasteiger partial charge is 0.335 e. The number of benzene rings is 1. The molecule has 0 amide bonds. The zero-order valence-electron chi connectivity index (χ0n) is 10.4. The first kappa shape index (κ1) is 13.3. The molecule has 7 heteroatoms. The fourth-order valence-corrected chi connectivity index (χ4v) is 6.38. The Morgan fingerprint density at radius 3 is 3.00 bits per heavy atom. The number of rotatable bonds is 2. The number of thioether (sulfide) groups is 2. The zero-order valence-corrected chi connectivity index (χ0v) is 12.8. The topological polar surface area (TPSA) is 58.5 Å². The smallest absolute Gasteiger partial charge is 0.161 e. The zero-order chi connectivity index (χ0) is 13.5. The Balaban J connectivity index is 1.72. The molecule has 1 aromatic carbocycles. The van der Waals surface area contributed by atoms with E-state index in [1.165, 1.54) is 4.90 Å². The minimum Gasteiger partial charge on any atom is -0.335 e. The summed E-state index contributed by atoms with van der Waals surface area (Å²) >= 11 is 3.24. The van der Waals surface area contributed by atoms with Gasteiger partial charge in [0.05, 0.1) is 17.5 Å². The standard InChI is InChI=1S/C12H14N2O2S3/c1-17-9-4-2-3-8(5-9)13-12-14-10-6-19(15,16)7-11(10)18-12/h2-5,10-11H,6-7H2,1H3,(H,13,14)/t10-,11-/m1/s1. The number of hydrogen-bond donors (Lipinski definition) is 1. The third-order valence-corrected chi connectivity index (χ3v) is 7.01. The van der Waals surface area contributed by atoms with Gasteiger partial charge in [0.25, 0.3) is 0 Å². The van der Waals surface area contributed by atoms with Gasteiger partial charge in [-0.25, -0.2) is 8.42 Å². The summed E-state index contributed by atoms with van der Waals surface area (Å²) in [6.07, 6.45) is 2.04. The van der Waals surface area contributed by atoms with Crippen molar-refractivity contribution < 1.29 is 8.42 Å². The minimum absolute atomic E-state index is 0.0683. The van der Waals surface area contributed by atoms with Crippen molar-refractivity contribution in [3.8, 4) is 0 Å². The first-order valence-corrected chi connectivity index (χ1v) is 9.84. The van der Waals surface area contributed by atoms with E-state index in [9.17, 15) is 8.42 Å². The number of amidine groups is 1. The van der Waals surface area contributed by atoms with E-state index in [1.807, 2.05) is 18.4 Å². The van der Waals surface area contributed by atoms with Crippen molar-refractivity contribution in [3.63, 3.8) is 0 Å². The second kappa shape index (κ2) is 5.03. The fraction of sp³-hybridized carbons (Fsp3) is 0.417. The van der Waals surface area contributed by atoms with Gasteiger partial charge in [-0.15, -0.1) is 11.8 Å². The maximum absolute atomic E-state index is 11.5. The molecule has 1 fully saturated rings. The van der Waals surface area contributed by atoms with Gasteiger partial charge in [-0.2, -0.15) is 0 Å². The molecule has 2 aliphatic rings. The van der Waals surface area contributed by atoms with E-state index in [4.69, 9.17) is 0 Å². The number of nitrogens with one attached hydrogen (secondary N) is 1. The number of sulfone groups is 1. The van der Waals surface area contributed by atoms with Crippen molar-refractivity contribution >= 4 is 44.2 Å². The highest BCUT2D eigenvalue weighted by atomic mass is 32.2. The molecule has 1 aromatic rings. The molecule has 19 heavy (non-hydrogen) atoms. The summed E-state index contributed by atoms with van der Waals surface area (Å²) in [5, 5.41) is 4.21. The molecule has 1 N–H and O–H groups in total. The summed E-state index contributed by atoms with van der Waals surface area (Å²) in [6, 6.07) is 8.05. The molecule has 1 saturated heterocycles. The van der Waals surface area contributed by atoms with E-state index in [2.05, 4.69) is 22.4 Å². The Hall–Kier alpha value is -0.660. The molecule has 0 aliphatic carbocycles. The molecule has 0 unspecified atom stereocenters. The highest BCUT2D eigenvalue weighted by Crippen LogP contribution is 2.34. The highest BCUT2D eigenvalue weighted by Gasteiger charge is 2.42. The van der Waals surface area contributed by atoms with Crippen LogP contribution in [0, 0.1) is 0 Å². The van der Waals surface area contributed by atoms with Crippen LogP contribution in [0.25, 0.3) is 0 Å². The van der Waals surface area contributed by atoms with Crippen LogP contribution in [0.1, 0.15) is 0 Å². The summed E-state index contributed by atoms with van der Waals surface area (Å²) in [7, 11) is -2.87. The van der Waals surface area contributed by atoms with Crippen LogP contribution >= 0.6 is 23.5 Å². The summed E-state index contributed by atoms with van der Waals surface area (Å²) in [4.78, 5) is 5.67. The van der Waals surface area contributed by atoms with E-state index in [1.54, 1.807) is 23.5 Å². The number of hydrogen-bond acceptors (Lipinski definition) is 6. The Kier molecular flexibility index (Phi) is 3.53. The van der Waals surface area contributed by atoms with Crippen molar-refractivity contribution in [1.29, 1.82) is 0 Å². The van der Waals surface area contributed by atoms with Crippen LogP contribution in [-0.4, -0.2) is 42.6 Å². The second-order valence-electron chi connectivity index (χ2n) is 4.59. The summed E-state index contributed by atoms with van der Waals surface area (Å²) < 4.78 is 23.0. The van der Waals surface area contributed by atoms with Crippen LogP contribution in [0.3, 0.4) is 0 Å². The number of aliphatic imine (C=N–C) groups is 1. The fourth-order valence-electron chi connectivity index (χ4n) is 2.24. The Morgan fingerprint density at radius 1 is 1.42 bits per heavy atom. The third-order valence-electron chi connectivity index (χ3n) is 3.14. The predicted octanol–water partition coefficient (Wildman–Crippen LogP) is 2.09. The van der Waals surface area contributed by atoms with Crippen molar-refractivity contribution in [3.05, 3.63) is 24.3 Å². The molecule has 2 aliphatic heterocycles. The molecule has 0 bridgehead atoms. The normalized spacial score (nSPS) is 27.9. The van der Waals surface area contributed by atoms with Crippen LogP contribution in [0.5, 0.6) is 0 Å². The lowest BCUT2D eigenvalue weighted by atomic mass is 10.3. The van der Waals surface area contributed by atoms with Gasteiger partial charge in [-0.05, 0) is 24.5 Å². The van der Waals surface area contributed by atoms with Gasteiger partial charge in [-0.1, -0.05) is 17.8 Å². The predicted molar refractivity (Wildman–Crippen MR) is 83.1 cm³/mol. The average Bonchev–Trinajstić information content (AvgIpc) is 2.82. The quantitative estimate of drug-likeness (QED) is 0.847. The van der Waals surface area contributed by atoms with Crippen molar-refractivity contribution in [2.24, 2.45) is 4.99 Å². The second-order valence-corrected chi connectivity index (χ2v) is 8.85. The summed E-state index contributed by atoms with van der Waals surface area (Å²) in [6.45, 7) is 0. The molecular weight excluding hydrogens is 300 g/mol. The number of nitrogens with zero attached hydrogens (tertiary/aromatic N) is 1. The molecule has 3 rings (SSSR count). The van der Waals surface area contributed by atoms with Crippen molar-refractivity contribution in [2.75, 3.05) is 23.1 Å². The van der Waals surface area contributed by atoms with E-state index in [-0.39, 0.29) is 22.8 Å². The number of fused-ring (bicyclic) bond motifs is 1. The Labute approximate surface area is 121 Å². The van der Waals surface area contributed by atoms with Crippen LogP contribution < -0.4 is 5.32 Å². The number of anilines is 1. The van der Waals surface area contributed by atoms with Crippen molar-refractivity contribution in [2.45, 2.75) is 16.2 Å². The molecule has 102 valence electrons. The molecule has 2 heterocycles. The summed E-state index contributed by atoms with van der Waals surface area (Å²) in [5.41, 5.74) is 1.00. The maximum atomic E-state index is 11.5. The Bertz CT molecular complexity index is 628. The Morgan fingerprint density at radius 2 is 2.26 bits per heavy atom. The van der Waals surface area contributed by atoms with Gasteiger partial charge in [0.1, 0.15) is 0 Å². The maximum Gasteiger partial charge on any atom is 0.161 e. The molecule has 2 atom stereocenters. The lowest BCUT2D eigenvalue weighted by Crippen LogP contribution is -2.13. The van der Waals surface area contributed by atoms with Gasteiger partial charge >= 0.3 is 0 Å². The molecule has 0 aromatic heterocycles. The van der Waals surface area contributed by atoms with Crippen LogP contribution in [0.2, 0.25) is 0 Å². The lowest BCUT2D eigenvalue weighted by molar-refractivity contribution is 0.601. The monoisotopic (exact) mass is 314 g/mol. The molecule has 0 spiro atoms. The van der Waals surface area contributed by atoms with Gasteiger partial charge in [0.2, 0.25) is 0 Å². The van der Waals surface area contributed by atoms with Gasteiger partial charge in [0.15, 0.2) is 15.0 Å². The molecule has 4 nitrogen and oxygen atoms in total. The molecular formula is C12H14N2O2S3. The average molecular weight is 314 g/mol. The first-order valence-electron chi connectivity index (χ1n) is 5.92. The van der Waals surface area contributed by atoms with Crippen LogP contribution in [-0.2, 0) is 9.84 Å². The van der Waals surface area contributed by atoms with Gasteiger partial charge < -0.3 is 5.32 Å². The SMILES string of the molecule is CSc1cccc(NC2=N[C@@H]3CS(=O)(=O)C[C@H]3S2)c1. The van der Waals surface area contributed by atoms with E-state index in [0.29, 0.717) is 0 Å². The van der Waals surface area contributed by atoms with Crippen molar-refractivity contribution in [1.82, 2.24) is 0 Å².